The first-order valence-electron chi connectivity index (χ1n) is 5.03. The molecule has 0 heterocycles. The standard InChI is InChI=1S/C9H15F6NO.Co/c1-4-16(5-2)6(3)7(17,8(10,11)12)9(13,14)15;/h6,17H,4-5H2,1-3H3;. The minimum atomic E-state index is -5.77. The Morgan fingerprint density at radius 2 is 1.22 bits per heavy atom. The summed E-state index contributed by atoms with van der Waals surface area (Å²) in [5, 5.41) is 9.09. The first-order valence-corrected chi connectivity index (χ1v) is 5.03. The predicted octanol–water partition coefficient (Wildman–Crippen LogP) is 2.57. The van der Waals surface area contributed by atoms with Crippen LogP contribution < -0.4 is 0 Å². The molecule has 0 amide bonds. The van der Waals surface area contributed by atoms with Crippen molar-refractivity contribution in [1.82, 2.24) is 4.90 Å². The van der Waals surface area contributed by atoms with Gasteiger partial charge in [-0.2, -0.15) is 26.3 Å². The maximum absolute atomic E-state index is 12.5. The second-order valence-electron chi connectivity index (χ2n) is 3.66. The Bertz CT molecular complexity index is 236. The van der Waals surface area contributed by atoms with Crippen molar-refractivity contribution in [1.29, 1.82) is 0 Å². The molecule has 0 aromatic heterocycles. The van der Waals surface area contributed by atoms with Crippen molar-refractivity contribution in [3.63, 3.8) is 0 Å². The van der Waals surface area contributed by atoms with Crippen LogP contribution in [0.15, 0.2) is 0 Å². The molecule has 0 aromatic carbocycles. The molecule has 1 radical (unpaired) electrons. The summed E-state index contributed by atoms with van der Waals surface area (Å²) in [5.41, 5.74) is -4.72. The van der Waals surface area contributed by atoms with Gasteiger partial charge in [-0.25, -0.2) is 0 Å². The second kappa shape index (κ2) is 6.44. The molecule has 0 aliphatic carbocycles. The minimum Gasteiger partial charge on any atom is -0.372 e. The van der Waals surface area contributed by atoms with Crippen LogP contribution in [-0.4, -0.2) is 47.1 Å². The van der Waals surface area contributed by atoms with E-state index in [-0.39, 0.29) is 29.9 Å². The van der Waals surface area contributed by atoms with Gasteiger partial charge in [0, 0.05) is 16.8 Å². The molecule has 0 saturated carbocycles. The van der Waals surface area contributed by atoms with E-state index in [1.807, 2.05) is 0 Å². The maximum atomic E-state index is 12.5. The monoisotopic (exact) mass is 326 g/mol. The van der Waals surface area contributed by atoms with Gasteiger partial charge >= 0.3 is 12.4 Å². The molecule has 0 spiro atoms. The fourth-order valence-corrected chi connectivity index (χ4v) is 1.67. The molecular formula is C9H15CoF6NO. The normalized spacial score (nSPS) is 15.5. The molecule has 9 heteroatoms. The van der Waals surface area contributed by atoms with E-state index in [0.29, 0.717) is 6.92 Å². The quantitative estimate of drug-likeness (QED) is 0.803. The summed E-state index contributed by atoms with van der Waals surface area (Å²) in [4.78, 5) is 0.904. The Balaban J connectivity index is 0. The molecule has 1 unspecified atom stereocenters. The third-order valence-corrected chi connectivity index (χ3v) is 2.83. The van der Waals surface area contributed by atoms with Gasteiger partial charge in [0.25, 0.3) is 5.60 Å². The van der Waals surface area contributed by atoms with Crippen molar-refractivity contribution >= 4 is 0 Å². The van der Waals surface area contributed by atoms with Gasteiger partial charge in [-0.1, -0.05) is 13.8 Å². The number of alkyl halides is 6. The summed E-state index contributed by atoms with van der Waals surface area (Å²) in [7, 11) is 0. The van der Waals surface area contributed by atoms with Gasteiger partial charge in [0.15, 0.2) is 0 Å². The smallest absolute Gasteiger partial charge is 0.372 e. The van der Waals surface area contributed by atoms with E-state index >= 15 is 0 Å². The van der Waals surface area contributed by atoms with Crippen molar-refractivity contribution in [2.45, 2.75) is 44.8 Å². The summed E-state index contributed by atoms with van der Waals surface area (Å²) in [5.74, 6) is 0. The summed E-state index contributed by atoms with van der Waals surface area (Å²) < 4.78 is 74.9. The third-order valence-electron chi connectivity index (χ3n) is 2.83. The number of halogens is 6. The van der Waals surface area contributed by atoms with Gasteiger partial charge in [0.1, 0.15) is 0 Å². The van der Waals surface area contributed by atoms with E-state index in [4.69, 9.17) is 5.11 Å². The van der Waals surface area contributed by atoms with Crippen LogP contribution in [0.1, 0.15) is 20.8 Å². The first-order chi connectivity index (χ1) is 7.43. The minimum absolute atomic E-state index is 0. The zero-order chi connectivity index (χ0) is 14.1. The predicted molar refractivity (Wildman–Crippen MR) is 49.4 cm³/mol. The van der Waals surface area contributed by atoms with Crippen molar-refractivity contribution in [3.8, 4) is 0 Å². The fourth-order valence-electron chi connectivity index (χ4n) is 1.67. The van der Waals surface area contributed by atoms with E-state index in [9.17, 15) is 26.3 Å². The Hall–Kier alpha value is 0.00649. The average Bonchev–Trinajstić information content (AvgIpc) is 2.14. The Labute approximate surface area is 112 Å². The van der Waals surface area contributed by atoms with Crippen LogP contribution >= 0.6 is 0 Å². The number of aliphatic hydroxyl groups is 1. The van der Waals surface area contributed by atoms with Gasteiger partial charge in [-0.15, -0.1) is 0 Å². The van der Waals surface area contributed by atoms with Crippen molar-refractivity contribution in [2.24, 2.45) is 0 Å². The molecule has 1 atom stereocenters. The van der Waals surface area contributed by atoms with Gasteiger partial charge in [0.2, 0.25) is 0 Å². The zero-order valence-corrected chi connectivity index (χ0v) is 11.0. The number of likely N-dealkylation sites (N-methyl/N-ethyl adjacent to an activating group) is 1. The molecule has 2 nitrogen and oxygen atoms in total. The van der Waals surface area contributed by atoms with E-state index in [1.165, 1.54) is 13.8 Å². The van der Waals surface area contributed by atoms with Crippen LogP contribution in [0.2, 0.25) is 0 Å². The molecule has 0 aromatic rings. The number of hydrogen-bond acceptors (Lipinski definition) is 2. The molecule has 0 aliphatic heterocycles. The molecule has 0 saturated heterocycles. The van der Waals surface area contributed by atoms with E-state index in [2.05, 4.69) is 0 Å². The Kier molecular flexibility index (Phi) is 7.28. The van der Waals surface area contributed by atoms with E-state index < -0.39 is 24.0 Å². The number of rotatable bonds is 4. The Morgan fingerprint density at radius 3 is 1.39 bits per heavy atom. The van der Waals surface area contributed by atoms with Crippen LogP contribution in [0, 0.1) is 0 Å². The summed E-state index contributed by atoms with van der Waals surface area (Å²) in [6.07, 6.45) is -11.5. The van der Waals surface area contributed by atoms with Crippen LogP contribution in [0.5, 0.6) is 0 Å². The van der Waals surface area contributed by atoms with Crippen molar-refractivity contribution in [3.05, 3.63) is 0 Å². The van der Waals surface area contributed by atoms with Gasteiger partial charge in [0.05, 0.1) is 6.04 Å². The molecule has 18 heavy (non-hydrogen) atoms. The summed E-state index contributed by atoms with van der Waals surface area (Å²) in [6, 6.07) is -2.10. The first kappa shape index (κ1) is 20.3. The molecule has 0 rings (SSSR count). The van der Waals surface area contributed by atoms with E-state index in [1.54, 1.807) is 0 Å². The van der Waals surface area contributed by atoms with Gasteiger partial charge in [-0.3, -0.25) is 4.90 Å². The summed E-state index contributed by atoms with van der Waals surface area (Å²) in [6.45, 7) is 3.52. The van der Waals surface area contributed by atoms with Crippen molar-refractivity contribution < 1.29 is 48.2 Å². The summed E-state index contributed by atoms with van der Waals surface area (Å²) >= 11 is 0. The molecule has 0 aliphatic rings. The zero-order valence-electron chi connectivity index (χ0n) is 9.99. The van der Waals surface area contributed by atoms with Gasteiger partial charge < -0.3 is 5.11 Å². The van der Waals surface area contributed by atoms with Crippen molar-refractivity contribution in [2.75, 3.05) is 13.1 Å². The second-order valence-corrected chi connectivity index (χ2v) is 3.66. The van der Waals surface area contributed by atoms with Crippen LogP contribution in [0.25, 0.3) is 0 Å². The van der Waals surface area contributed by atoms with Gasteiger partial charge in [-0.05, 0) is 20.0 Å². The number of nitrogens with zero attached hydrogens (tertiary/aromatic N) is 1. The SMILES string of the molecule is CCN(CC)C(C)C(O)(C(F)(F)F)C(F)(F)F.[Co]. The molecule has 0 bridgehead atoms. The molecular weight excluding hydrogens is 311 g/mol. The van der Waals surface area contributed by atoms with Crippen LogP contribution in [0.3, 0.4) is 0 Å². The Morgan fingerprint density at radius 1 is 0.944 bits per heavy atom. The van der Waals surface area contributed by atoms with Crippen LogP contribution in [-0.2, 0) is 16.8 Å². The topological polar surface area (TPSA) is 23.5 Å². The largest absolute Gasteiger partial charge is 0.427 e. The van der Waals surface area contributed by atoms with Crippen LogP contribution in [0.4, 0.5) is 26.3 Å². The number of hydrogen-bond donors (Lipinski definition) is 1. The molecule has 1 N–H and O–H groups in total. The third kappa shape index (κ3) is 3.52. The maximum Gasteiger partial charge on any atom is 0.427 e. The van der Waals surface area contributed by atoms with E-state index in [0.717, 1.165) is 4.90 Å². The molecule has 113 valence electrons. The molecule has 0 fully saturated rings. The average molecular weight is 326 g/mol. The fraction of sp³-hybridized carbons (Fsp3) is 1.00.